The quantitative estimate of drug-likeness (QED) is 0.468. The maximum absolute atomic E-state index is 12.6. The normalized spacial score (nSPS) is 10.6. The van der Waals surface area contributed by atoms with Crippen LogP contribution in [0, 0.1) is 11.3 Å². The molecule has 0 spiro atoms. The maximum atomic E-state index is 12.6. The molecule has 4 rings (SSSR count). The van der Waals surface area contributed by atoms with Crippen LogP contribution in [-0.4, -0.2) is 33.0 Å². The Morgan fingerprint density at radius 3 is 2.77 bits per heavy atom. The summed E-state index contributed by atoms with van der Waals surface area (Å²) < 4.78 is 6.89. The van der Waals surface area contributed by atoms with Gasteiger partial charge in [0.2, 0.25) is 0 Å². The molecule has 0 saturated carbocycles. The van der Waals surface area contributed by atoms with Gasteiger partial charge in [0.15, 0.2) is 0 Å². The van der Waals surface area contributed by atoms with E-state index in [4.69, 9.17) is 21.6 Å². The fourth-order valence-electron chi connectivity index (χ4n) is 3.05. The fraction of sp³-hybridized carbons (Fsp3) is 0.136. The van der Waals surface area contributed by atoms with Crippen molar-refractivity contribution >= 4 is 28.4 Å². The summed E-state index contributed by atoms with van der Waals surface area (Å²) in [5.74, 6) is 0.311. The van der Waals surface area contributed by atoms with E-state index < -0.39 is 0 Å². The molecular weight excluding hydrogens is 416 g/mol. The number of carbonyl (C=O) groups is 1. The van der Waals surface area contributed by atoms with Crippen LogP contribution >= 0.6 is 11.6 Å². The van der Waals surface area contributed by atoms with Crippen molar-refractivity contribution in [1.29, 1.82) is 5.26 Å². The third-order valence-electron chi connectivity index (χ3n) is 4.66. The Hall–Kier alpha value is -3.96. The lowest BCUT2D eigenvalue weighted by atomic mass is 10.1. The Kier molecular flexibility index (Phi) is 5.78. The van der Waals surface area contributed by atoms with Crippen molar-refractivity contribution in [3.05, 3.63) is 82.3 Å². The minimum atomic E-state index is -0.358. The fourth-order valence-corrected chi connectivity index (χ4v) is 3.28. The average molecular weight is 433 g/mol. The number of halogens is 1. The van der Waals surface area contributed by atoms with Crippen molar-refractivity contribution in [3.63, 3.8) is 0 Å². The van der Waals surface area contributed by atoms with Crippen LogP contribution < -0.4 is 10.1 Å². The van der Waals surface area contributed by atoms with E-state index in [2.05, 4.69) is 26.7 Å². The van der Waals surface area contributed by atoms with Crippen molar-refractivity contribution < 1.29 is 9.53 Å². The molecule has 0 aliphatic heterocycles. The number of benzene rings is 2. The number of aromatic nitrogens is 4. The van der Waals surface area contributed by atoms with Crippen LogP contribution in [0.4, 0.5) is 0 Å². The number of nitrogens with one attached hydrogen (secondary N) is 1. The lowest BCUT2D eigenvalue weighted by Crippen LogP contribution is -2.23. The van der Waals surface area contributed by atoms with Gasteiger partial charge >= 0.3 is 0 Å². The number of methoxy groups -OCH3 is 1. The van der Waals surface area contributed by atoms with Crippen LogP contribution in [0.1, 0.15) is 27.2 Å². The first-order valence-electron chi connectivity index (χ1n) is 9.36. The third kappa shape index (κ3) is 4.63. The summed E-state index contributed by atoms with van der Waals surface area (Å²) >= 11 is 6.21. The summed E-state index contributed by atoms with van der Waals surface area (Å²) in [5.41, 5.74) is 3.14. The Morgan fingerprint density at radius 1 is 1.23 bits per heavy atom. The van der Waals surface area contributed by atoms with Gasteiger partial charge in [-0.05, 0) is 42.0 Å². The Labute approximate surface area is 183 Å². The number of nitrogens with zero attached hydrogens (tertiary/aromatic N) is 5. The van der Waals surface area contributed by atoms with E-state index in [0.717, 1.165) is 10.9 Å². The minimum Gasteiger partial charge on any atom is -0.497 e. The molecule has 1 N–H and O–H groups in total. The summed E-state index contributed by atoms with van der Waals surface area (Å²) in [4.78, 5) is 16.9. The van der Waals surface area contributed by atoms with Gasteiger partial charge in [0.1, 0.15) is 16.6 Å². The molecule has 0 bridgehead atoms. The first-order valence-corrected chi connectivity index (χ1v) is 9.74. The molecule has 0 saturated heterocycles. The highest BCUT2D eigenvalue weighted by Gasteiger charge is 2.14. The van der Waals surface area contributed by atoms with Gasteiger partial charge in [-0.2, -0.15) is 5.26 Å². The molecule has 0 unspecified atom stereocenters. The molecule has 0 aliphatic rings. The molecule has 2 aromatic carbocycles. The van der Waals surface area contributed by atoms with Gasteiger partial charge in [0.25, 0.3) is 5.91 Å². The van der Waals surface area contributed by atoms with Crippen LogP contribution in [0.3, 0.4) is 0 Å². The van der Waals surface area contributed by atoms with E-state index in [1.807, 2.05) is 12.1 Å². The lowest BCUT2D eigenvalue weighted by Gasteiger charge is -2.08. The summed E-state index contributed by atoms with van der Waals surface area (Å²) in [6, 6.07) is 16.4. The molecule has 0 fully saturated rings. The molecule has 8 nitrogen and oxygen atoms in total. The van der Waals surface area contributed by atoms with E-state index in [1.54, 1.807) is 54.4 Å². The molecule has 31 heavy (non-hydrogen) atoms. The van der Waals surface area contributed by atoms with Crippen LogP contribution in [0.2, 0.25) is 5.15 Å². The van der Waals surface area contributed by atoms with E-state index in [0.29, 0.717) is 29.1 Å². The van der Waals surface area contributed by atoms with Crippen molar-refractivity contribution in [2.75, 3.05) is 7.11 Å². The van der Waals surface area contributed by atoms with E-state index in [9.17, 15) is 4.79 Å². The van der Waals surface area contributed by atoms with Gasteiger partial charge in [0, 0.05) is 5.39 Å². The molecule has 4 aromatic rings. The SMILES string of the molecule is COc1ccc2nc(Cl)c(C(=O)NCc3cn(Cc4ccc(C#N)cc4)nn3)cc2c1. The summed E-state index contributed by atoms with van der Waals surface area (Å²) in [5, 5.41) is 20.7. The summed E-state index contributed by atoms with van der Waals surface area (Å²) in [6.07, 6.45) is 1.75. The zero-order valence-corrected chi connectivity index (χ0v) is 17.3. The second-order valence-corrected chi connectivity index (χ2v) is 7.14. The van der Waals surface area contributed by atoms with Gasteiger partial charge in [-0.15, -0.1) is 5.10 Å². The number of carbonyl (C=O) groups excluding carboxylic acids is 1. The van der Waals surface area contributed by atoms with Crippen molar-refractivity contribution in [2.24, 2.45) is 0 Å². The molecule has 0 radical (unpaired) electrons. The number of ether oxygens (including phenoxy) is 1. The zero-order chi connectivity index (χ0) is 21.8. The molecular formula is C22H17ClN6O2. The van der Waals surface area contributed by atoms with E-state index in [1.165, 1.54) is 0 Å². The molecule has 2 heterocycles. The first kappa shape index (κ1) is 20.3. The Balaban J connectivity index is 1.43. The first-order chi connectivity index (χ1) is 15.1. The predicted octanol–water partition coefficient (Wildman–Crippen LogP) is 3.34. The van der Waals surface area contributed by atoms with Crippen molar-refractivity contribution in [1.82, 2.24) is 25.3 Å². The number of rotatable bonds is 6. The lowest BCUT2D eigenvalue weighted by molar-refractivity contribution is 0.0950. The summed E-state index contributed by atoms with van der Waals surface area (Å²) in [7, 11) is 1.58. The highest BCUT2D eigenvalue weighted by molar-refractivity contribution is 6.33. The predicted molar refractivity (Wildman–Crippen MR) is 115 cm³/mol. The van der Waals surface area contributed by atoms with Crippen LogP contribution in [0.25, 0.3) is 10.9 Å². The Bertz CT molecular complexity index is 1290. The molecule has 2 aromatic heterocycles. The molecule has 9 heteroatoms. The number of nitriles is 1. The maximum Gasteiger partial charge on any atom is 0.254 e. The molecule has 1 amide bonds. The number of fused-ring (bicyclic) bond motifs is 1. The number of hydrogen-bond acceptors (Lipinski definition) is 6. The van der Waals surface area contributed by atoms with Gasteiger partial charge < -0.3 is 10.1 Å². The number of hydrogen-bond donors (Lipinski definition) is 1. The average Bonchev–Trinajstić information content (AvgIpc) is 3.24. The minimum absolute atomic E-state index is 0.125. The summed E-state index contributed by atoms with van der Waals surface area (Å²) in [6.45, 7) is 0.702. The topological polar surface area (TPSA) is 106 Å². The van der Waals surface area contributed by atoms with Gasteiger partial charge in [-0.25, -0.2) is 9.67 Å². The molecule has 154 valence electrons. The van der Waals surface area contributed by atoms with Crippen molar-refractivity contribution in [3.8, 4) is 11.8 Å². The van der Waals surface area contributed by atoms with E-state index >= 15 is 0 Å². The zero-order valence-electron chi connectivity index (χ0n) is 16.5. The highest BCUT2D eigenvalue weighted by atomic mass is 35.5. The van der Waals surface area contributed by atoms with Crippen LogP contribution in [-0.2, 0) is 13.1 Å². The third-order valence-corrected chi connectivity index (χ3v) is 4.95. The van der Waals surface area contributed by atoms with E-state index in [-0.39, 0.29) is 23.2 Å². The highest BCUT2D eigenvalue weighted by Crippen LogP contribution is 2.24. The number of pyridine rings is 1. The standard InChI is InChI=1S/C22H17ClN6O2/c1-31-18-6-7-20-16(8-18)9-19(21(23)26-20)22(30)25-11-17-13-29(28-27-17)12-15-4-2-14(10-24)3-5-15/h2-9,13H,11-12H2,1H3,(H,25,30). The van der Waals surface area contributed by atoms with Gasteiger partial charge in [-0.1, -0.05) is 28.9 Å². The Morgan fingerprint density at radius 2 is 2.03 bits per heavy atom. The monoisotopic (exact) mass is 432 g/mol. The van der Waals surface area contributed by atoms with Crippen LogP contribution in [0.15, 0.2) is 54.7 Å². The molecule has 0 atom stereocenters. The van der Waals surface area contributed by atoms with Crippen LogP contribution in [0.5, 0.6) is 5.75 Å². The smallest absolute Gasteiger partial charge is 0.254 e. The largest absolute Gasteiger partial charge is 0.497 e. The second-order valence-electron chi connectivity index (χ2n) is 6.78. The van der Waals surface area contributed by atoms with Gasteiger partial charge in [0.05, 0.1) is 49.1 Å². The second kappa shape index (κ2) is 8.81. The molecule has 0 aliphatic carbocycles. The number of amides is 1. The van der Waals surface area contributed by atoms with Gasteiger partial charge in [-0.3, -0.25) is 4.79 Å². The van der Waals surface area contributed by atoms with Crippen molar-refractivity contribution in [2.45, 2.75) is 13.1 Å².